The molecule has 0 bridgehead atoms. The SMILES string of the molecule is CCCCCCCCCCCCCCCCCCCCCCC/C=C/CCCC(O)C(O)C(COC1OC(CO)C(O)C(O)C1O)NC(=O)C(O)CCCCCCCCCCCCCCCCCCCCCCCCCCCCCCC. The molecule has 0 saturated carbocycles. The van der Waals surface area contributed by atoms with Crippen LogP contribution in [0, 0.1) is 0 Å². The Balaban J connectivity index is 2.19. The van der Waals surface area contributed by atoms with E-state index in [9.17, 15) is 40.5 Å². The van der Waals surface area contributed by atoms with Crippen LogP contribution in [0.5, 0.6) is 0 Å². The number of hydrogen-bond acceptors (Lipinski definition) is 10. The van der Waals surface area contributed by atoms with Gasteiger partial charge in [-0.05, 0) is 38.5 Å². The summed E-state index contributed by atoms with van der Waals surface area (Å²) in [6.07, 6.45) is 63.1. The van der Waals surface area contributed by atoms with Gasteiger partial charge in [0, 0.05) is 0 Å². The Morgan fingerprint density at radius 3 is 1.05 bits per heavy atom. The lowest BCUT2D eigenvalue weighted by Gasteiger charge is -2.40. The number of allylic oxidation sites excluding steroid dienone is 2. The number of aliphatic hydroxyl groups is 7. The number of aliphatic hydroxyl groups excluding tert-OH is 7. The van der Waals surface area contributed by atoms with E-state index >= 15 is 0 Å². The summed E-state index contributed by atoms with van der Waals surface area (Å²) in [6.45, 7) is 3.51. The van der Waals surface area contributed by atoms with Gasteiger partial charge in [-0.15, -0.1) is 0 Å². The minimum Gasteiger partial charge on any atom is -0.394 e. The summed E-state index contributed by atoms with van der Waals surface area (Å²) >= 11 is 0. The summed E-state index contributed by atoms with van der Waals surface area (Å²) in [5.74, 6) is -0.697. The molecule has 1 saturated heterocycles. The summed E-state index contributed by atoms with van der Waals surface area (Å²) in [4.78, 5) is 13.3. The average molecular weight is 1170 g/mol. The molecule has 0 aromatic carbocycles. The maximum absolute atomic E-state index is 13.3. The molecule has 82 heavy (non-hydrogen) atoms. The van der Waals surface area contributed by atoms with Crippen molar-refractivity contribution in [3.05, 3.63) is 12.2 Å². The number of rotatable bonds is 64. The summed E-state index contributed by atoms with van der Waals surface area (Å²) in [5.41, 5.74) is 0. The summed E-state index contributed by atoms with van der Waals surface area (Å²) in [5, 5.41) is 76.5. The first-order valence-corrected chi connectivity index (χ1v) is 36.1. The van der Waals surface area contributed by atoms with Crippen LogP contribution in [0.4, 0.5) is 0 Å². The zero-order valence-electron chi connectivity index (χ0n) is 54.0. The van der Waals surface area contributed by atoms with Crippen LogP contribution in [-0.4, -0.2) is 110 Å². The van der Waals surface area contributed by atoms with Crippen molar-refractivity contribution >= 4 is 5.91 Å². The Kier molecular flexibility index (Phi) is 57.8. The number of hydrogen-bond donors (Lipinski definition) is 8. The standard InChI is InChI=1S/C71H139NO10/c1-3-5-7-9-11-13-15-17-19-21-23-25-27-29-31-32-33-35-37-39-41-43-45-47-49-51-53-55-57-59-64(75)70(80)72-62(61-81-71-69(79)68(78)67(77)65(60-73)82-71)66(76)63(74)58-56-54-52-50-48-46-44-42-40-38-36-34-30-28-26-24-22-20-18-16-14-12-10-8-6-4-2/h50,52,62-69,71,73-79H,3-49,51,53-61H2,1-2H3,(H,72,80)/b52-50+. The maximum Gasteiger partial charge on any atom is 0.249 e. The zero-order chi connectivity index (χ0) is 59.6. The minimum atomic E-state index is -1.67. The number of nitrogens with one attached hydrogen (secondary N) is 1. The van der Waals surface area contributed by atoms with Crippen molar-refractivity contribution in [3.63, 3.8) is 0 Å². The third kappa shape index (κ3) is 47.0. The van der Waals surface area contributed by atoms with Crippen LogP contribution in [0.3, 0.4) is 0 Å². The normalized spacial score (nSPS) is 19.1. The fourth-order valence-corrected chi connectivity index (χ4v) is 12.0. The molecule has 0 spiro atoms. The van der Waals surface area contributed by atoms with Crippen LogP contribution in [0.2, 0.25) is 0 Å². The highest BCUT2D eigenvalue weighted by molar-refractivity contribution is 5.80. The van der Waals surface area contributed by atoms with E-state index in [1.165, 1.54) is 289 Å². The monoisotopic (exact) mass is 1170 g/mol. The van der Waals surface area contributed by atoms with Crippen molar-refractivity contribution < 1.29 is 50.0 Å². The molecule has 8 N–H and O–H groups in total. The smallest absolute Gasteiger partial charge is 0.249 e. The molecule has 11 nitrogen and oxygen atoms in total. The Labute approximate surface area is 506 Å². The van der Waals surface area contributed by atoms with E-state index in [2.05, 4.69) is 31.3 Å². The fourth-order valence-electron chi connectivity index (χ4n) is 12.0. The molecule has 1 aliphatic heterocycles. The summed E-state index contributed by atoms with van der Waals surface area (Å²) < 4.78 is 11.2. The van der Waals surface area contributed by atoms with Crippen molar-refractivity contribution in [1.82, 2.24) is 5.32 Å². The summed E-state index contributed by atoms with van der Waals surface area (Å²) in [7, 11) is 0. The Morgan fingerprint density at radius 2 is 0.720 bits per heavy atom. The van der Waals surface area contributed by atoms with Crippen molar-refractivity contribution in [2.24, 2.45) is 0 Å². The van der Waals surface area contributed by atoms with Gasteiger partial charge >= 0.3 is 0 Å². The number of ether oxygens (including phenoxy) is 2. The third-order valence-corrected chi connectivity index (χ3v) is 17.8. The fraction of sp³-hybridized carbons (Fsp3) is 0.958. The molecule has 0 radical (unpaired) electrons. The van der Waals surface area contributed by atoms with E-state index in [4.69, 9.17) is 9.47 Å². The quantitative estimate of drug-likeness (QED) is 0.0215. The highest BCUT2D eigenvalue weighted by Crippen LogP contribution is 2.24. The van der Waals surface area contributed by atoms with Gasteiger partial charge in [-0.1, -0.05) is 341 Å². The number of carbonyl (C=O) groups is 1. The van der Waals surface area contributed by atoms with E-state index in [1.807, 2.05) is 0 Å². The molecule has 1 fully saturated rings. The van der Waals surface area contributed by atoms with Crippen LogP contribution in [0.1, 0.15) is 367 Å². The van der Waals surface area contributed by atoms with Gasteiger partial charge in [-0.25, -0.2) is 0 Å². The molecule has 1 amide bonds. The lowest BCUT2D eigenvalue weighted by molar-refractivity contribution is -0.303. The van der Waals surface area contributed by atoms with Crippen LogP contribution >= 0.6 is 0 Å². The van der Waals surface area contributed by atoms with Crippen LogP contribution in [0.15, 0.2) is 12.2 Å². The second-order valence-corrected chi connectivity index (χ2v) is 25.7. The highest BCUT2D eigenvalue weighted by atomic mass is 16.7. The largest absolute Gasteiger partial charge is 0.394 e. The van der Waals surface area contributed by atoms with Gasteiger partial charge in [0.15, 0.2) is 6.29 Å². The molecule has 11 heteroatoms. The number of carbonyl (C=O) groups excluding carboxylic acids is 1. The van der Waals surface area contributed by atoms with E-state index in [1.54, 1.807) is 0 Å². The highest BCUT2D eigenvalue weighted by Gasteiger charge is 2.44. The van der Waals surface area contributed by atoms with Crippen LogP contribution < -0.4 is 5.32 Å². The summed E-state index contributed by atoms with van der Waals surface area (Å²) in [6, 6.07) is -1.18. The minimum absolute atomic E-state index is 0.260. The molecular weight excluding hydrogens is 1030 g/mol. The lowest BCUT2D eigenvalue weighted by Crippen LogP contribution is -2.60. The third-order valence-electron chi connectivity index (χ3n) is 17.8. The van der Waals surface area contributed by atoms with Crippen molar-refractivity contribution in [3.8, 4) is 0 Å². The predicted molar refractivity (Wildman–Crippen MR) is 344 cm³/mol. The first kappa shape index (κ1) is 78.9. The van der Waals surface area contributed by atoms with Gasteiger partial charge in [0.25, 0.3) is 0 Å². The van der Waals surface area contributed by atoms with Gasteiger partial charge in [0.2, 0.25) is 5.91 Å². The van der Waals surface area contributed by atoms with Crippen molar-refractivity contribution in [2.45, 2.75) is 422 Å². The first-order chi connectivity index (χ1) is 40.2. The molecule has 488 valence electrons. The van der Waals surface area contributed by atoms with Crippen molar-refractivity contribution in [1.29, 1.82) is 0 Å². The Hall–Kier alpha value is -1.15. The van der Waals surface area contributed by atoms with Gasteiger partial charge in [0.05, 0.1) is 25.4 Å². The topological polar surface area (TPSA) is 189 Å². The molecule has 9 atom stereocenters. The molecule has 0 aromatic rings. The molecule has 1 rings (SSSR count). The van der Waals surface area contributed by atoms with E-state index in [-0.39, 0.29) is 12.8 Å². The van der Waals surface area contributed by atoms with Crippen LogP contribution in [-0.2, 0) is 14.3 Å². The lowest BCUT2D eigenvalue weighted by atomic mass is 9.98. The van der Waals surface area contributed by atoms with E-state index in [0.29, 0.717) is 12.8 Å². The van der Waals surface area contributed by atoms with E-state index in [0.717, 1.165) is 38.5 Å². The Morgan fingerprint density at radius 1 is 0.415 bits per heavy atom. The predicted octanol–water partition coefficient (Wildman–Crippen LogP) is 17.4. The zero-order valence-corrected chi connectivity index (χ0v) is 54.0. The number of amides is 1. The molecular formula is C71H139NO10. The van der Waals surface area contributed by atoms with Gasteiger partial charge < -0.3 is 50.5 Å². The second kappa shape index (κ2) is 60.1. The maximum atomic E-state index is 13.3. The molecule has 0 aliphatic carbocycles. The van der Waals surface area contributed by atoms with Crippen molar-refractivity contribution in [2.75, 3.05) is 13.2 Å². The molecule has 9 unspecified atom stereocenters. The first-order valence-electron chi connectivity index (χ1n) is 36.1. The van der Waals surface area contributed by atoms with Gasteiger partial charge in [-0.3, -0.25) is 4.79 Å². The average Bonchev–Trinajstić information content (AvgIpc) is 3.48. The van der Waals surface area contributed by atoms with Crippen LogP contribution in [0.25, 0.3) is 0 Å². The molecule has 0 aromatic heterocycles. The Bertz CT molecular complexity index is 1340. The van der Waals surface area contributed by atoms with E-state index < -0.39 is 74.2 Å². The van der Waals surface area contributed by atoms with Gasteiger partial charge in [-0.2, -0.15) is 0 Å². The second-order valence-electron chi connectivity index (χ2n) is 25.7. The molecule has 1 heterocycles. The molecule has 1 aliphatic rings. The van der Waals surface area contributed by atoms with Gasteiger partial charge in [0.1, 0.15) is 36.6 Å². The number of unbranched alkanes of at least 4 members (excludes halogenated alkanes) is 50.